The van der Waals surface area contributed by atoms with Crippen LogP contribution >= 0.6 is 11.8 Å². The van der Waals surface area contributed by atoms with Gasteiger partial charge in [-0.15, -0.1) is 0 Å². The van der Waals surface area contributed by atoms with E-state index < -0.39 is 32.4 Å². The molecule has 1 N–H and O–H groups in total. The number of nitrogens with zero attached hydrogens (tertiary/aromatic N) is 2. The van der Waals surface area contributed by atoms with Crippen molar-refractivity contribution in [2.75, 3.05) is 0 Å². The molecule has 136 valence electrons. The van der Waals surface area contributed by atoms with E-state index in [2.05, 4.69) is 5.32 Å². The number of imide groups is 1. The molecule has 0 radical (unpaired) electrons. The van der Waals surface area contributed by atoms with E-state index in [-0.39, 0.29) is 16.4 Å². The molecule has 0 saturated carbocycles. The van der Waals surface area contributed by atoms with Crippen molar-refractivity contribution in [3.05, 3.63) is 73.2 Å². The summed E-state index contributed by atoms with van der Waals surface area (Å²) in [5, 5.41) is 23.6. The maximum atomic E-state index is 11.5. The molecule has 0 aliphatic carbocycles. The Balaban J connectivity index is 1.82. The molecule has 1 saturated heterocycles. The summed E-state index contributed by atoms with van der Waals surface area (Å²) in [4.78, 5) is 43.3. The lowest BCUT2D eigenvalue weighted by atomic mass is 10.2. The number of nitro benzene ring substituents is 2. The van der Waals surface area contributed by atoms with Crippen molar-refractivity contribution in [1.82, 2.24) is 5.32 Å². The van der Waals surface area contributed by atoms with Crippen molar-refractivity contribution >= 4 is 40.4 Å². The lowest BCUT2D eigenvalue weighted by molar-refractivity contribution is -0.394. The minimum Gasteiger partial charge on any atom is -0.450 e. The van der Waals surface area contributed by atoms with Gasteiger partial charge in [-0.3, -0.25) is 35.1 Å². The average Bonchev–Trinajstić information content (AvgIpc) is 2.93. The molecule has 0 atom stereocenters. The summed E-state index contributed by atoms with van der Waals surface area (Å²) >= 11 is 0.784. The third-order valence-corrected chi connectivity index (χ3v) is 4.21. The topological polar surface area (TPSA) is 142 Å². The first kappa shape index (κ1) is 18.1. The molecule has 1 fully saturated rings. The molecule has 0 aromatic heterocycles. The fraction of sp³-hybridized carbons (Fsp3) is 0. The van der Waals surface area contributed by atoms with Gasteiger partial charge in [-0.05, 0) is 41.6 Å². The zero-order valence-electron chi connectivity index (χ0n) is 13.3. The molecule has 2 amide bonds. The number of rotatable bonds is 5. The zero-order valence-corrected chi connectivity index (χ0v) is 14.1. The standard InChI is InChI=1S/C16H9N3O7S/c20-15-14(27-16(21)17-15)7-9-1-4-11(5-2-9)26-13-6-3-10(18(22)23)8-12(13)19(24)25/h1-8H,(H,17,20,21). The molecule has 3 rings (SSSR count). The fourth-order valence-electron chi connectivity index (χ4n) is 2.18. The van der Waals surface area contributed by atoms with Crippen molar-refractivity contribution in [2.24, 2.45) is 0 Å². The second-order valence-corrected chi connectivity index (χ2v) is 6.20. The smallest absolute Gasteiger partial charge is 0.318 e. The van der Waals surface area contributed by atoms with E-state index in [1.54, 1.807) is 12.1 Å². The molecule has 0 spiro atoms. The summed E-state index contributed by atoms with van der Waals surface area (Å²) in [5.41, 5.74) is -0.334. The maximum Gasteiger partial charge on any atom is 0.318 e. The van der Waals surface area contributed by atoms with Gasteiger partial charge in [0.15, 0.2) is 0 Å². The van der Waals surface area contributed by atoms with Gasteiger partial charge in [0.05, 0.1) is 20.8 Å². The van der Waals surface area contributed by atoms with Gasteiger partial charge in [-0.1, -0.05) is 12.1 Å². The number of nitro groups is 2. The number of hydrogen-bond donors (Lipinski definition) is 1. The Morgan fingerprint density at radius 2 is 1.70 bits per heavy atom. The summed E-state index contributed by atoms with van der Waals surface area (Å²) in [6.45, 7) is 0. The van der Waals surface area contributed by atoms with Crippen molar-refractivity contribution in [1.29, 1.82) is 0 Å². The Morgan fingerprint density at radius 1 is 1.00 bits per heavy atom. The van der Waals surface area contributed by atoms with Crippen LogP contribution in [0.4, 0.5) is 16.2 Å². The Hall–Kier alpha value is -3.73. The van der Waals surface area contributed by atoms with E-state index in [0.29, 0.717) is 5.56 Å². The van der Waals surface area contributed by atoms with Gasteiger partial charge < -0.3 is 4.74 Å². The van der Waals surface area contributed by atoms with Crippen LogP contribution in [-0.4, -0.2) is 21.0 Å². The monoisotopic (exact) mass is 387 g/mol. The van der Waals surface area contributed by atoms with Gasteiger partial charge in [0.25, 0.3) is 16.8 Å². The number of amides is 2. The first-order valence-corrected chi connectivity index (χ1v) is 8.11. The SMILES string of the molecule is O=C1NC(=O)C(=Cc2ccc(Oc3ccc([N+](=O)[O-])cc3[N+](=O)[O-])cc2)S1. The molecule has 10 nitrogen and oxygen atoms in total. The van der Waals surface area contributed by atoms with Crippen LogP contribution in [0.5, 0.6) is 11.5 Å². The molecule has 11 heteroatoms. The normalized spacial score (nSPS) is 14.9. The van der Waals surface area contributed by atoms with E-state index in [9.17, 15) is 29.8 Å². The summed E-state index contributed by atoms with van der Waals surface area (Å²) in [7, 11) is 0. The second kappa shape index (κ2) is 7.25. The van der Waals surface area contributed by atoms with E-state index in [1.165, 1.54) is 18.2 Å². The molecule has 2 aromatic carbocycles. The van der Waals surface area contributed by atoms with Crippen molar-refractivity contribution in [3.63, 3.8) is 0 Å². The van der Waals surface area contributed by atoms with E-state index in [4.69, 9.17) is 4.74 Å². The second-order valence-electron chi connectivity index (χ2n) is 5.19. The third-order valence-electron chi connectivity index (χ3n) is 3.40. The number of carbonyl (C=O) groups is 2. The third kappa shape index (κ3) is 4.10. The molecule has 2 aromatic rings. The first-order chi connectivity index (χ1) is 12.8. The summed E-state index contributed by atoms with van der Waals surface area (Å²) in [5.74, 6) is -0.367. The largest absolute Gasteiger partial charge is 0.450 e. The van der Waals surface area contributed by atoms with Crippen molar-refractivity contribution < 1.29 is 24.2 Å². The average molecular weight is 387 g/mol. The molecule has 27 heavy (non-hydrogen) atoms. The first-order valence-electron chi connectivity index (χ1n) is 7.29. The van der Waals surface area contributed by atoms with Gasteiger partial charge in [0.1, 0.15) is 5.75 Å². The highest BCUT2D eigenvalue weighted by Crippen LogP contribution is 2.34. The molecule has 0 unspecified atom stereocenters. The van der Waals surface area contributed by atoms with Crippen LogP contribution < -0.4 is 10.1 Å². The minimum absolute atomic E-state index is 0.145. The number of non-ortho nitro benzene ring substituents is 1. The minimum atomic E-state index is -0.770. The zero-order chi connectivity index (χ0) is 19.6. The Morgan fingerprint density at radius 3 is 2.26 bits per heavy atom. The summed E-state index contributed by atoms with van der Waals surface area (Å²) in [6, 6.07) is 9.28. The van der Waals surface area contributed by atoms with E-state index in [1.807, 2.05) is 0 Å². The Labute approximate surface area is 155 Å². The fourth-order valence-corrected chi connectivity index (χ4v) is 2.86. The summed E-state index contributed by atoms with van der Waals surface area (Å²) < 4.78 is 5.45. The van der Waals surface area contributed by atoms with Gasteiger partial charge >= 0.3 is 5.69 Å². The highest BCUT2D eigenvalue weighted by atomic mass is 32.2. The molecule has 1 heterocycles. The number of nitrogens with one attached hydrogen (secondary N) is 1. The predicted molar refractivity (Wildman–Crippen MR) is 95.4 cm³/mol. The van der Waals surface area contributed by atoms with E-state index in [0.717, 1.165) is 30.0 Å². The lowest BCUT2D eigenvalue weighted by Gasteiger charge is -2.06. The number of benzene rings is 2. The van der Waals surface area contributed by atoms with Crippen LogP contribution in [0.25, 0.3) is 6.08 Å². The number of carbonyl (C=O) groups excluding carboxylic acids is 2. The van der Waals surface area contributed by atoms with Crippen molar-refractivity contribution in [3.8, 4) is 11.5 Å². The van der Waals surface area contributed by atoms with Gasteiger partial charge in [-0.25, -0.2) is 0 Å². The molecule has 1 aliphatic heterocycles. The maximum absolute atomic E-state index is 11.5. The van der Waals surface area contributed by atoms with Crippen LogP contribution in [0.3, 0.4) is 0 Å². The highest BCUT2D eigenvalue weighted by molar-refractivity contribution is 8.18. The van der Waals surface area contributed by atoms with Gasteiger partial charge in [0, 0.05) is 6.07 Å². The van der Waals surface area contributed by atoms with Crippen molar-refractivity contribution in [2.45, 2.75) is 0 Å². The molecule has 0 bridgehead atoms. The lowest BCUT2D eigenvalue weighted by Crippen LogP contribution is -2.17. The molecular weight excluding hydrogens is 378 g/mol. The van der Waals surface area contributed by atoms with Crippen LogP contribution in [0.2, 0.25) is 0 Å². The van der Waals surface area contributed by atoms with Crippen LogP contribution in [-0.2, 0) is 4.79 Å². The Kier molecular flexibility index (Phi) is 4.86. The number of thioether (sulfide) groups is 1. The molecular formula is C16H9N3O7S. The van der Waals surface area contributed by atoms with Gasteiger partial charge in [-0.2, -0.15) is 0 Å². The van der Waals surface area contributed by atoms with Crippen LogP contribution in [0, 0.1) is 20.2 Å². The van der Waals surface area contributed by atoms with Crippen LogP contribution in [0.1, 0.15) is 5.56 Å². The highest BCUT2D eigenvalue weighted by Gasteiger charge is 2.25. The van der Waals surface area contributed by atoms with E-state index >= 15 is 0 Å². The quantitative estimate of drug-likeness (QED) is 0.466. The Bertz CT molecular complexity index is 1000. The summed E-state index contributed by atoms with van der Waals surface area (Å²) in [6.07, 6.45) is 1.52. The predicted octanol–water partition coefficient (Wildman–Crippen LogP) is 3.62. The molecule has 1 aliphatic rings. The number of ether oxygens (including phenoxy) is 1. The van der Waals surface area contributed by atoms with Gasteiger partial charge in [0.2, 0.25) is 5.75 Å². The van der Waals surface area contributed by atoms with Crippen LogP contribution in [0.15, 0.2) is 47.4 Å². The number of hydrogen-bond acceptors (Lipinski definition) is 8.